The second-order valence-electron chi connectivity index (χ2n) is 6.04. The molecule has 1 saturated heterocycles. The third-order valence-corrected chi connectivity index (χ3v) is 5.26. The lowest BCUT2D eigenvalue weighted by Crippen LogP contribution is -2.33. The molecule has 0 radical (unpaired) electrons. The van der Waals surface area contributed by atoms with Crippen LogP contribution in [0.1, 0.15) is 16.8 Å². The molecule has 2 N–H and O–H groups in total. The first-order valence-electron chi connectivity index (χ1n) is 7.14. The van der Waals surface area contributed by atoms with E-state index in [4.69, 9.17) is 17.3 Å². The quantitative estimate of drug-likeness (QED) is 0.666. The number of nitrogens with zero attached hydrogens (tertiary/aromatic N) is 1. The Hall–Kier alpha value is -2.14. The number of fused-ring (bicyclic) bond motifs is 5. The highest BCUT2D eigenvalue weighted by Gasteiger charge is 2.59. The monoisotopic (exact) mass is 316 g/mol. The molecule has 0 aromatic heterocycles. The lowest BCUT2D eigenvalue weighted by Gasteiger charge is -2.19. The third kappa shape index (κ3) is 1.63. The highest BCUT2D eigenvalue weighted by Crippen LogP contribution is 2.53. The number of allylic oxidation sites excluding steroid dienone is 2. The Morgan fingerprint density at radius 3 is 2.27 bits per heavy atom. The molecular formula is C16H13ClN2O3. The standard InChI is InChI=1S/C16H13ClN2O3/c17-10-4-3-9(14(18)20)6-11(10)19-15(21)12-7-1-2-8(5-7)13(12)16(19)22/h1-4,6-8,12-13H,5H2,(H2,18,20)/t7-,8-,12-,13+/m1/s1. The first kappa shape index (κ1) is 13.5. The number of carbonyl (C=O) groups excluding carboxylic acids is 3. The van der Waals surface area contributed by atoms with Crippen molar-refractivity contribution in [3.63, 3.8) is 0 Å². The lowest BCUT2D eigenvalue weighted by molar-refractivity contribution is -0.123. The van der Waals surface area contributed by atoms with E-state index in [0.29, 0.717) is 0 Å². The second-order valence-corrected chi connectivity index (χ2v) is 6.45. The molecule has 2 fully saturated rings. The van der Waals surface area contributed by atoms with Crippen LogP contribution in [0.3, 0.4) is 0 Å². The highest BCUT2D eigenvalue weighted by molar-refractivity contribution is 6.36. The van der Waals surface area contributed by atoms with Crippen molar-refractivity contribution in [2.24, 2.45) is 29.4 Å². The molecule has 2 aliphatic carbocycles. The van der Waals surface area contributed by atoms with Crippen LogP contribution in [0.5, 0.6) is 0 Å². The number of primary amides is 1. The summed E-state index contributed by atoms with van der Waals surface area (Å²) in [5, 5.41) is 0.256. The predicted molar refractivity (Wildman–Crippen MR) is 80.2 cm³/mol. The molecule has 112 valence electrons. The molecule has 1 aromatic rings. The summed E-state index contributed by atoms with van der Waals surface area (Å²) in [6.07, 6.45) is 4.93. The molecular weight excluding hydrogens is 304 g/mol. The molecule has 0 unspecified atom stereocenters. The van der Waals surface area contributed by atoms with Crippen LogP contribution in [0, 0.1) is 23.7 Å². The number of anilines is 1. The van der Waals surface area contributed by atoms with Gasteiger partial charge in [-0.25, -0.2) is 4.90 Å². The van der Waals surface area contributed by atoms with Crippen molar-refractivity contribution in [3.8, 4) is 0 Å². The summed E-state index contributed by atoms with van der Waals surface area (Å²) in [5.41, 5.74) is 5.74. The number of imide groups is 1. The summed E-state index contributed by atoms with van der Waals surface area (Å²) < 4.78 is 0. The Balaban J connectivity index is 1.79. The number of halogens is 1. The first-order valence-corrected chi connectivity index (χ1v) is 7.52. The number of benzene rings is 1. The van der Waals surface area contributed by atoms with Crippen molar-refractivity contribution < 1.29 is 14.4 Å². The Kier molecular flexibility index (Phi) is 2.72. The molecule has 1 saturated carbocycles. The maximum absolute atomic E-state index is 12.7. The second kappa shape index (κ2) is 4.43. The normalized spacial score (nSPS) is 32.0. The Bertz CT molecular complexity index is 728. The van der Waals surface area contributed by atoms with Crippen molar-refractivity contribution in [1.82, 2.24) is 0 Å². The Labute approximate surface area is 131 Å². The van der Waals surface area contributed by atoms with Gasteiger partial charge in [0.1, 0.15) is 0 Å². The van der Waals surface area contributed by atoms with Gasteiger partial charge < -0.3 is 5.73 Å². The Morgan fingerprint density at radius 1 is 1.14 bits per heavy atom. The van der Waals surface area contributed by atoms with Crippen LogP contribution in [-0.4, -0.2) is 17.7 Å². The lowest BCUT2D eigenvalue weighted by atomic mass is 9.85. The van der Waals surface area contributed by atoms with Gasteiger partial charge in [-0.2, -0.15) is 0 Å². The minimum absolute atomic E-state index is 0.134. The van der Waals surface area contributed by atoms with E-state index in [9.17, 15) is 14.4 Å². The molecule has 2 bridgehead atoms. The summed E-state index contributed by atoms with van der Waals surface area (Å²) in [7, 11) is 0. The average Bonchev–Trinajstić information content (AvgIpc) is 3.14. The first-order chi connectivity index (χ1) is 10.5. The van der Waals surface area contributed by atoms with Gasteiger partial charge in [0.2, 0.25) is 17.7 Å². The molecule has 4 atom stereocenters. The van der Waals surface area contributed by atoms with E-state index in [-0.39, 0.29) is 51.8 Å². The molecule has 22 heavy (non-hydrogen) atoms. The van der Waals surface area contributed by atoms with E-state index in [0.717, 1.165) is 11.3 Å². The number of amides is 3. The van der Waals surface area contributed by atoms with E-state index >= 15 is 0 Å². The van der Waals surface area contributed by atoms with Crippen molar-refractivity contribution in [2.75, 3.05) is 4.90 Å². The van der Waals surface area contributed by atoms with Gasteiger partial charge in [-0.1, -0.05) is 23.8 Å². The number of nitrogens with two attached hydrogens (primary N) is 1. The van der Waals surface area contributed by atoms with Gasteiger partial charge in [-0.3, -0.25) is 14.4 Å². The SMILES string of the molecule is NC(=O)c1ccc(Cl)c(N2C(=O)[C@@H]3[C@H](C2=O)[C@@H]2C=C[C@@H]3C2)c1. The van der Waals surface area contributed by atoms with Gasteiger partial charge in [0, 0.05) is 5.56 Å². The maximum atomic E-state index is 12.7. The summed E-state index contributed by atoms with van der Waals surface area (Å²) in [6, 6.07) is 4.38. The smallest absolute Gasteiger partial charge is 0.248 e. The van der Waals surface area contributed by atoms with Gasteiger partial charge >= 0.3 is 0 Å². The topological polar surface area (TPSA) is 80.5 Å². The molecule has 1 heterocycles. The van der Waals surface area contributed by atoms with Gasteiger partial charge in [-0.15, -0.1) is 0 Å². The number of rotatable bonds is 2. The van der Waals surface area contributed by atoms with Crippen molar-refractivity contribution in [2.45, 2.75) is 6.42 Å². The molecule has 5 nitrogen and oxygen atoms in total. The number of hydrogen-bond acceptors (Lipinski definition) is 3. The minimum Gasteiger partial charge on any atom is -0.366 e. The third-order valence-electron chi connectivity index (χ3n) is 4.94. The highest BCUT2D eigenvalue weighted by atomic mass is 35.5. The molecule has 4 rings (SSSR count). The zero-order chi connectivity index (χ0) is 15.6. The maximum Gasteiger partial charge on any atom is 0.248 e. The number of carbonyl (C=O) groups is 3. The fourth-order valence-electron chi connectivity index (χ4n) is 3.98. The van der Waals surface area contributed by atoms with Crippen LogP contribution in [0.2, 0.25) is 5.02 Å². The Morgan fingerprint density at radius 2 is 1.73 bits per heavy atom. The van der Waals surface area contributed by atoms with Crippen LogP contribution in [0.4, 0.5) is 5.69 Å². The van der Waals surface area contributed by atoms with E-state index in [2.05, 4.69) is 0 Å². The molecule has 1 aliphatic heterocycles. The molecule has 6 heteroatoms. The molecule has 0 spiro atoms. The fourth-order valence-corrected chi connectivity index (χ4v) is 4.18. The largest absolute Gasteiger partial charge is 0.366 e. The fraction of sp³-hybridized carbons (Fsp3) is 0.312. The minimum atomic E-state index is -0.626. The van der Waals surface area contributed by atoms with Gasteiger partial charge in [-0.05, 0) is 36.5 Å². The van der Waals surface area contributed by atoms with Crippen LogP contribution in [0.15, 0.2) is 30.4 Å². The predicted octanol–water partition coefficient (Wildman–Crippen LogP) is 1.75. The van der Waals surface area contributed by atoms with Crippen molar-refractivity contribution in [1.29, 1.82) is 0 Å². The zero-order valence-corrected chi connectivity index (χ0v) is 12.3. The number of hydrogen-bond donors (Lipinski definition) is 1. The van der Waals surface area contributed by atoms with E-state index in [1.54, 1.807) is 0 Å². The van der Waals surface area contributed by atoms with Gasteiger partial charge in [0.05, 0.1) is 22.5 Å². The van der Waals surface area contributed by atoms with E-state index in [1.807, 2.05) is 12.2 Å². The molecule has 3 amide bonds. The van der Waals surface area contributed by atoms with Crippen LogP contribution >= 0.6 is 11.6 Å². The molecule has 3 aliphatic rings. The van der Waals surface area contributed by atoms with E-state index in [1.165, 1.54) is 18.2 Å². The average molecular weight is 317 g/mol. The summed E-state index contributed by atoms with van der Waals surface area (Å²) >= 11 is 6.14. The van der Waals surface area contributed by atoms with Crippen LogP contribution < -0.4 is 10.6 Å². The zero-order valence-electron chi connectivity index (χ0n) is 11.5. The molecule has 1 aromatic carbocycles. The van der Waals surface area contributed by atoms with E-state index < -0.39 is 5.91 Å². The van der Waals surface area contributed by atoms with Gasteiger partial charge in [0.25, 0.3) is 0 Å². The summed E-state index contributed by atoms with van der Waals surface area (Å²) in [4.78, 5) is 37.9. The van der Waals surface area contributed by atoms with Crippen molar-refractivity contribution in [3.05, 3.63) is 40.9 Å². The van der Waals surface area contributed by atoms with Gasteiger partial charge in [0.15, 0.2) is 0 Å². The summed E-state index contributed by atoms with van der Waals surface area (Å²) in [6.45, 7) is 0. The summed E-state index contributed by atoms with van der Waals surface area (Å²) in [5.74, 6) is -1.40. The van der Waals surface area contributed by atoms with Crippen LogP contribution in [-0.2, 0) is 9.59 Å². The van der Waals surface area contributed by atoms with Crippen LogP contribution in [0.25, 0.3) is 0 Å². The van der Waals surface area contributed by atoms with Crippen molar-refractivity contribution >= 4 is 35.0 Å².